The van der Waals surface area contributed by atoms with E-state index in [1.54, 1.807) is 13.8 Å². The third-order valence-electron chi connectivity index (χ3n) is 2.58. The van der Waals surface area contributed by atoms with Gasteiger partial charge in [-0.05, 0) is 13.8 Å². The standard InChI is InChI=1S/C12H16F4N2O/c1-7(2)18(6-12(14,15)16)10-5-11(19-3)8(13)4-9(10)17/h4-5,7H,6,17H2,1-3H3. The normalized spacial score (nSPS) is 11.8. The predicted octanol–water partition coefficient (Wildman–Crippen LogP) is 3.19. The third-order valence-corrected chi connectivity index (χ3v) is 2.58. The van der Waals surface area contributed by atoms with Crippen LogP contribution >= 0.6 is 0 Å². The number of nitrogens with two attached hydrogens (primary N) is 1. The van der Waals surface area contributed by atoms with Crippen LogP contribution in [-0.2, 0) is 0 Å². The van der Waals surface area contributed by atoms with E-state index in [9.17, 15) is 17.6 Å². The van der Waals surface area contributed by atoms with Crippen LogP contribution in [0.15, 0.2) is 12.1 Å². The topological polar surface area (TPSA) is 38.5 Å². The molecule has 2 N–H and O–H groups in total. The molecule has 0 bridgehead atoms. The smallest absolute Gasteiger partial charge is 0.405 e. The summed E-state index contributed by atoms with van der Waals surface area (Å²) in [5, 5.41) is 0. The van der Waals surface area contributed by atoms with Gasteiger partial charge >= 0.3 is 6.18 Å². The van der Waals surface area contributed by atoms with Gasteiger partial charge in [-0.3, -0.25) is 0 Å². The molecule has 108 valence electrons. The Balaban J connectivity index is 3.23. The van der Waals surface area contributed by atoms with E-state index in [4.69, 9.17) is 10.5 Å². The Labute approximate surface area is 108 Å². The first-order valence-electron chi connectivity index (χ1n) is 5.62. The second-order valence-corrected chi connectivity index (χ2v) is 4.38. The molecule has 1 rings (SSSR count). The number of anilines is 2. The van der Waals surface area contributed by atoms with Crippen molar-refractivity contribution in [2.45, 2.75) is 26.1 Å². The fraction of sp³-hybridized carbons (Fsp3) is 0.500. The zero-order valence-electron chi connectivity index (χ0n) is 10.9. The van der Waals surface area contributed by atoms with Gasteiger partial charge in [0.1, 0.15) is 6.54 Å². The number of halogens is 4. The number of nitrogens with zero attached hydrogens (tertiary/aromatic N) is 1. The Morgan fingerprint density at radius 1 is 1.32 bits per heavy atom. The maximum atomic E-state index is 13.4. The fourth-order valence-electron chi connectivity index (χ4n) is 1.70. The first-order valence-corrected chi connectivity index (χ1v) is 5.62. The first kappa shape index (κ1) is 15.4. The fourth-order valence-corrected chi connectivity index (χ4v) is 1.70. The van der Waals surface area contributed by atoms with Gasteiger partial charge in [0.15, 0.2) is 11.6 Å². The zero-order chi connectivity index (χ0) is 14.8. The monoisotopic (exact) mass is 280 g/mol. The average molecular weight is 280 g/mol. The molecule has 0 heterocycles. The molecule has 0 aliphatic heterocycles. The van der Waals surface area contributed by atoms with Gasteiger partial charge in [-0.1, -0.05) is 0 Å². The van der Waals surface area contributed by atoms with E-state index >= 15 is 0 Å². The molecule has 0 radical (unpaired) electrons. The van der Waals surface area contributed by atoms with Crippen LogP contribution in [-0.4, -0.2) is 25.9 Å². The van der Waals surface area contributed by atoms with Gasteiger partial charge in [0.25, 0.3) is 0 Å². The highest BCUT2D eigenvalue weighted by molar-refractivity contribution is 5.70. The van der Waals surface area contributed by atoms with E-state index in [0.717, 1.165) is 11.0 Å². The van der Waals surface area contributed by atoms with Gasteiger partial charge in [0.2, 0.25) is 0 Å². The van der Waals surface area contributed by atoms with Crippen LogP contribution in [0, 0.1) is 5.82 Å². The summed E-state index contributed by atoms with van der Waals surface area (Å²) in [5.74, 6) is -0.850. The number of hydrogen-bond donors (Lipinski definition) is 1. The molecule has 0 atom stereocenters. The van der Waals surface area contributed by atoms with E-state index in [1.807, 2.05) is 0 Å². The SMILES string of the molecule is COc1cc(N(CC(F)(F)F)C(C)C)c(N)cc1F. The highest BCUT2D eigenvalue weighted by Gasteiger charge is 2.33. The molecule has 0 amide bonds. The summed E-state index contributed by atoms with van der Waals surface area (Å²) >= 11 is 0. The molecule has 0 aromatic heterocycles. The number of nitrogen functional groups attached to an aromatic ring is 1. The van der Waals surface area contributed by atoms with Crippen LogP contribution in [0.2, 0.25) is 0 Å². The quantitative estimate of drug-likeness (QED) is 0.680. The maximum absolute atomic E-state index is 13.4. The van der Waals surface area contributed by atoms with Crippen LogP contribution in [0.1, 0.15) is 13.8 Å². The van der Waals surface area contributed by atoms with Crippen molar-refractivity contribution in [1.82, 2.24) is 0 Å². The van der Waals surface area contributed by atoms with Gasteiger partial charge in [0, 0.05) is 18.2 Å². The van der Waals surface area contributed by atoms with Crippen LogP contribution in [0.3, 0.4) is 0 Å². The van der Waals surface area contributed by atoms with Gasteiger partial charge in [-0.15, -0.1) is 0 Å². The van der Waals surface area contributed by atoms with Crippen molar-refractivity contribution in [2.75, 3.05) is 24.3 Å². The number of alkyl halides is 3. The van der Waals surface area contributed by atoms with Crippen molar-refractivity contribution in [3.8, 4) is 5.75 Å². The Bertz CT molecular complexity index is 446. The lowest BCUT2D eigenvalue weighted by Gasteiger charge is -2.31. The molecule has 0 fully saturated rings. The molecule has 19 heavy (non-hydrogen) atoms. The van der Waals surface area contributed by atoms with Crippen molar-refractivity contribution >= 4 is 11.4 Å². The zero-order valence-corrected chi connectivity index (χ0v) is 10.9. The minimum absolute atomic E-state index is 0.0590. The molecule has 1 aromatic carbocycles. The van der Waals surface area contributed by atoms with Gasteiger partial charge < -0.3 is 15.4 Å². The number of ether oxygens (including phenoxy) is 1. The van der Waals surface area contributed by atoms with Crippen molar-refractivity contribution in [2.24, 2.45) is 0 Å². The van der Waals surface area contributed by atoms with Gasteiger partial charge in [0.05, 0.1) is 18.5 Å². The summed E-state index contributed by atoms with van der Waals surface area (Å²) in [6.07, 6.45) is -4.38. The number of benzene rings is 1. The van der Waals surface area contributed by atoms with Crippen LogP contribution in [0.4, 0.5) is 28.9 Å². The lowest BCUT2D eigenvalue weighted by molar-refractivity contribution is -0.120. The highest BCUT2D eigenvalue weighted by atomic mass is 19.4. The molecular weight excluding hydrogens is 264 g/mol. The molecule has 0 saturated heterocycles. The number of methoxy groups -OCH3 is 1. The molecule has 7 heteroatoms. The maximum Gasteiger partial charge on any atom is 0.405 e. The van der Waals surface area contributed by atoms with Crippen LogP contribution < -0.4 is 15.4 Å². The van der Waals surface area contributed by atoms with Crippen molar-refractivity contribution in [3.05, 3.63) is 17.9 Å². The molecule has 0 saturated carbocycles. The summed E-state index contributed by atoms with van der Waals surface area (Å²) in [6.45, 7) is 2.03. The molecule has 0 aliphatic rings. The lowest BCUT2D eigenvalue weighted by atomic mass is 10.2. The second-order valence-electron chi connectivity index (χ2n) is 4.38. The third kappa shape index (κ3) is 3.90. The molecule has 0 aliphatic carbocycles. The molecule has 0 spiro atoms. The van der Waals surface area contributed by atoms with E-state index in [0.29, 0.717) is 0 Å². The van der Waals surface area contributed by atoms with Crippen LogP contribution in [0.5, 0.6) is 5.75 Å². The Morgan fingerprint density at radius 3 is 2.32 bits per heavy atom. The van der Waals surface area contributed by atoms with Gasteiger partial charge in [-0.2, -0.15) is 13.2 Å². The summed E-state index contributed by atoms with van der Waals surface area (Å²) in [5.41, 5.74) is 5.64. The van der Waals surface area contributed by atoms with Crippen molar-refractivity contribution < 1.29 is 22.3 Å². The lowest BCUT2D eigenvalue weighted by Crippen LogP contribution is -2.39. The molecule has 0 unspecified atom stereocenters. The number of hydrogen-bond acceptors (Lipinski definition) is 3. The Kier molecular flexibility index (Phi) is 4.49. The summed E-state index contributed by atoms with van der Waals surface area (Å²) in [7, 11) is 1.24. The highest BCUT2D eigenvalue weighted by Crippen LogP contribution is 2.33. The van der Waals surface area contributed by atoms with Gasteiger partial charge in [-0.25, -0.2) is 4.39 Å². The molecular formula is C12H16F4N2O. The predicted molar refractivity (Wildman–Crippen MR) is 65.9 cm³/mol. The number of rotatable bonds is 4. The van der Waals surface area contributed by atoms with E-state index < -0.39 is 24.6 Å². The van der Waals surface area contributed by atoms with E-state index in [2.05, 4.69) is 0 Å². The largest absolute Gasteiger partial charge is 0.494 e. The first-order chi connectivity index (χ1) is 8.65. The van der Waals surface area contributed by atoms with E-state index in [-0.39, 0.29) is 17.1 Å². The molecule has 1 aromatic rings. The second kappa shape index (κ2) is 5.54. The Hall–Kier alpha value is -1.66. The minimum Gasteiger partial charge on any atom is -0.494 e. The van der Waals surface area contributed by atoms with E-state index in [1.165, 1.54) is 13.2 Å². The van der Waals surface area contributed by atoms with Crippen molar-refractivity contribution in [3.63, 3.8) is 0 Å². The molecule has 3 nitrogen and oxygen atoms in total. The van der Waals surface area contributed by atoms with Crippen LogP contribution in [0.25, 0.3) is 0 Å². The summed E-state index contributed by atoms with van der Waals surface area (Å²) in [6, 6.07) is 1.69. The van der Waals surface area contributed by atoms with Crippen molar-refractivity contribution in [1.29, 1.82) is 0 Å². The average Bonchev–Trinajstić information content (AvgIpc) is 2.25. The minimum atomic E-state index is -4.38. The summed E-state index contributed by atoms with van der Waals surface area (Å²) < 4.78 is 55.8. The Morgan fingerprint density at radius 2 is 1.89 bits per heavy atom. The summed E-state index contributed by atoms with van der Waals surface area (Å²) in [4.78, 5) is 1.05.